The highest BCUT2D eigenvalue weighted by Gasteiger charge is 2.29. The zero-order valence-electron chi connectivity index (χ0n) is 12.5. The van der Waals surface area contributed by atoms with E-state index in [1.54, 1.807) is 6.07 Å². The maximum Gasteiger partial charge on any atom is 0.254 e. The van der Waals surface area contributed by atoms with Crippen molar-refractivity contribution in [2.75, 3.05) is 12.8 Å². The van der Waals surface area contributed by atoms with Crippen molar-refractivity contribution in [2.45, 2.75) is 25.8 Å². The number of aryl methyl sites for hydroxylation is 2. The average molecular weight is 280 g/mol. The molecule has 1 aliphatic rings. The van der Waals surface area contributed by atoms with E-state index in [4.69, 9.17) is 5.73 Å². The summed E-state index contributed by atoms with van der Waals surface area (Å²) < 4.78 is 0. The molecule has 1 amide bonds. The molecule has 0 aromatic heterocycles. The summed E-state index contributed by atoms with van der Waals surface area (Å²) in [5.74, 6) is 0.0431. The van der Waals surface area contributed by atoms with Gasteiger partial charge in [-0.1, -0.05) is 30.3 Å². The van der Waals surface area contributed by atoms with Gasteiger partial charge in [0.05, 0.1) is 6.04 Å². The first-order valence-electron chi connectivity index (χ1n) is 7.29. The molecule has 2 aromatic carbocycles. The Morgan fingerprint density at radius 3 is 2.81 bits per heavy atom. The van der Waals surface area contributed by atoms with Crippen molar-refractivity contribution in [3.8, 4) is 0 Å². The van der Waals surface area contributed by atoms with Gasteiger partial charge in [0.15, 0.2) is 0 Å². The van der Waals surface area contributed by atoms with Gasteiger partial charge in [-0.05, 0) is 48.6 Å². The van der Waals surface area contributed by atoms with Crippen molar-refractivity contribution in [3.05, 3.63) is 64.7 Å². The fraction of sp³-hybridized carbons (Fsp3) is 0.278. The van der Waals surface area contributed by atoms with E-state index in [1.165, 1.54) is 11.1 Å². The second kappa shape index (κ2) is 5.24. The number of nitrogens with zero attached hydrogens (tertiary/aromatic N) is 1. The quantitative estimate of drug-likeness (QED) is 0.858. The third-order valence-electron chi connectivity index (χ3n) is 4.38. The van der Waals surface area contributed by atoms with Crippen LogP contribution in [0.25, 0.3) is 0 Å². The summed E-state index contributed by atoms with van der Waals surface area (Å²) in [7, 11) is 1.89. The summed E-state index contributed by atoms with van der Waals surface area (Å²) in [6.07, 6.45) is 2.03. The van der Waals surface area contributed by atoms with Crippen LogP contribution in [0.15, 0.2) is 42.5 Å². The first kappa shape index (κ1) is 13.7. The van der Waals surface area contributed by atoms with Gasteiger partial charge >= 0.3 is 0 Å². The maximum absolute atomic E-state index is 12.8. The molecule has 0 spiro atoms. The Morgan fingerprint density at radius 2 is 2.00 bits per heavy atom. The van der Waals surface area contributed by atoms with Gasteiger partial charge in [0.2, 0.25) is 0 Å². The van der Waals surface area contributed by atoms with E-state index in [2.05, 4.69) is 18.2 Å². The van der Waals surface area contributed by atoms with E-state index < -0.39 is 0 Å². The highest BCUT2D eigenvalue weighted by Crippen LogP contribution is 2.35. The minimum Gasteiger partial charge on any atom is -0.399 e. The highest BCUT2D eigenvalue weighted by atomic mass is 16.2. The van der Waals surface area contributed by atoms with Gasteiger partial charge in [-0.3, -0.25) is 4.79 Å². The Labute approximate surface area is 125 Å². The lowest BCUT2D eigenvalue weighted by Crippen LogP contribution is -2.30. The summed E-state index contributed by atoms with van der Waals surface area (Å²) in [5, 5.41) is 0. The lowest BCUT2D eigenvalue weighted by atomic mass is 10.0. The van der Waals surface area contributed by atoms with E-state index in [-0.39, 0.29) is 11.9 Å². The summed E-state index contributed by atoms with van der Waals surface area (Å²) in [6, 6.07) is 14.1. The number of nitrogen functional groups attached to an aromatic ring is 1. The molecule has 1 aliphatic carbocycles. The molecule has 1 atom stereocenters. The van der Waals surface area contributed by atoms with Crippen LogP contribution in [0.2, 0.25) is 0 Å². The van der Waals surface area contributed by atoms with E-state index >= 15 is 0 Å². The van der Waals surface area contributed by atoms with Crippen LogP contribution in [0.3, 0.4) is 0 Å². The normalized spacial score (nSPS) is 16.6. The topological polar surface area (TPSA) is 46.3 Å². The number of hydrogen-bond donors (Lipinski definition) is 1. The van der Waals surface area contributed by atoms with Gasteiger partial charge in [0.25, 0.3) is 5.91 Å². The van der Waals surface area contributed by atoms with E-state index in [1.807, 2.05) is 37.1 Å². The smallest absolute Gasteiger partial charge is 0.254 e. The van der Waals surface area contributed by atoms with Crippen molar-refractivity contribution in [1.82, 2.24) is 4.90 Å². The molecule has 0 aliphatic heterocycles. The number of nitrogens with two attached hydrogens (primary N) is 1. The van der Waals surface area contributed by atoms with Crippen molar-refractivity contribution in [3.63, 3.8) is 0 Å². The van der Waals surface area contributed by atoms with Gasteiger partial charge in [-0.2, -0.15) is 0 Å². The number of benzene rings is 2. The van der Waals surface area contributed by atoms with Crippen molar-refractivity contribution in [1.29, 1.82) is 0 Å². The number of anilines is 1. The zero-order chi connectivity index (χ0) is 15.0. The van der Waals surface area contributed by atoms with Gasteiger partial charge < -0.3 is 10.6 Å². The summed E-state index contributed by atoms with van der Waals surface area (Å²) in [6.45, 7) is 1.95. The molecule has 3 rings (SSSR count). The van der Waals surface area contributed by atoms with Crippen LogP contribution in [0.5, 0.6) is 0 Å². The van der Waals surface area contributed by atoms with Crippen LogP contribution < -0.4 is 5.73 Å². The van der Waals surface area contributed by atoms with Crippen LogP contribution >= 0.6 is 0 Å². The SMILES string of the molecule is Cc1ccc(N)cc1C(=O)N(C)C1CCc2ccccc21. The molecule has 0 saturated carbocycles. The van der Waals surface area contributed by atoms with Crippen LogP contribution in [0, 0.1) is 6.92 Å². The minimum absolute atomic E-state index is 0.0431. The van der Waals surface area contributed by atoms with Crippen molar-refractivity contribution < 1.29 is 4.79 Å². The molecule has 2 N–H and O–H groups in total. The van der Waals surface area contributed by atoms with Crippen LogP contribution in [-0.2, 0) is 6.42 Å². The van der Waals surface area contributed by atoms with Gasteiger partial charge in [-0.15, -0.1) is 0 Å². The average Bonchev–Trinajstić information content (AvgIpc) is 2.92. The number of carbonyl (C=O) groups is 1. The number of rotatable bonds is 2. The Kier molecular flexibility index (Phi) is 3.42. The molecule has 3 nitrogen and oxygen atoms in total. The van der Waals surface area contributed by atoms with Crippen molar-refractivity contribution in [2.24, 2.45) is 0 Å². The number of fused-ring (bicyclic) bond motifs is 1. The molecule has 2 aromatic rings. The van der Waals surface area contributed by atoms with Crippen LogP contribution in [0.1, 0.15) is 39.5 Å². The Hall–Kier alpha value is -2.29. The summed E-state index contributed by atoms with van der Waals surface area (Å²) >= 11 is 0. The lowest BCUT2D eigenvalue weighted by Gasteiger charge is -2.26. The van der Waals surface area contributed by atoms with E-state index in [9.17, 15) is 4.79 Å². The molecule has 0 heterocycles. The number of hydrogen-bond acceptors (Lipinski definition) is 2. The van der Waals surface area contributed by atoms with Gasteiger partial charge in [0.1, 0.15) is 0 Å². The number of carbonyl (C=O) groups excluding carboxylic acids is 1. The molecular formula is C18H20N2O. The molecule has 3 heteroatoms. The van der Waals surface area contributed by atoms with Crippen LogP contribution in [-0.4, -0.2) is 17.9 Å². The molecule has 108 valence electrons. The molecule has 1 unspecified atom stereocenters. The molecule has 0 saturated heterocycles. The van der Waals surface area contributed by atoms with E-state index in [0.717, 1.165) is 18.4 Å². The fourth-order valence-corrected chi connectivity index (χ4v) is 3.14. The fourth-order valence-electron chi connectivity index (χ4n) is 3.14. The second-order valence-corrected chi connectivity index (χ2v) is 5.74. The monoisotopic (exact) mass is 280 g/mol. The minimum atomic E-state index is 0.0431. The Bertz CT molecular complexity index is 693. The first-order chi connectivity index (χ1) is 10.1. The lowest BCUT2D eigenvalue weighted by molar-refractivity contribution is 0.0730. The van der Waals surface area contributed by atoms with Gasteiger partial charge in [0, 0.05) is 18.3 Å². The number of amides is 1. The van der Waals surface area contributed by atoms with Gasteiger partial charge in [-0.25, -0.2) is 0 Å². The molecular weight excluding hydrogens is 260 g/mol. The molecule has 0 radical (unpaired) electrons. The maximum atomic E-state index is 12.8. The van der Waals surface area contributed by atoms with Crippen LogP contribution in [0.4, 0.5) is 5.69 Å². The zero-order valence-corrected chi connectivity index (χ0v) is 12.5. The largest absolute Gasteiger partial charge is 0.399 e. The predicted octanol–water partition coefficient (Wildman–Crippen LogP) is 3.34. The van der Waals surface area contributed by atoms with Crippen molar-refractivity contribution >= 4 is 11.6 Å². The third kappa shape index (κ3) is 2.40. The molecule has 0 fully saturated rings. The Balaban J connectivity index is 1.91. The first-order valence-corrected chi connectivity index (χ1v) is 7.29. The standard InChI is InChI=1S/C18H20N2O/c1-12-7-9-14(19)11-16(12)18(21)20(2)17-10-8-13-5-3-4-6-15(13)17/h3-7,9,11,17H,8,10,19H2,1-2H3. The second-order valence-electron chi connectivity index (χ2n) is 5.74. The highest BCUT2D eigenvalue weighted by molar-refractivity contribution is 5.96. The summed E-state index contributed by atoms with van der Waals surface area (Å²) in [4.78, 5) is 14.6. The molecule has 0 bridgehead atoms. The Morgan fingerprint density at radius 1 is 1.24 bits per heavy atom. The van der Waals surface area contributed by atoms with E-state index in [0.29, 0.717) is 11.3 Å². The third-order valence-corrected chi connectivity index (χ3v) is 4.38. The summed E-state index contributed by atoms with van der Waals surface area (Å²) in [5.41, 5.74) is 10.7. The predicted molar refractivity (Wildman–Crippen MR) is 85.2 cm³/mol. The molecule has 21 heavy (non-hydrogen) atoms.